The van der Waals surface area contributed by atoms with Crippen molar-refractivity contribution in [3.05, 3.63) is 39.5 Å². The number of carbonyl (C=O) groups excluding carboxylic acids is 1. The second-order valence-corrected chi connectivity index (χ2v) is 8.49. The minimum absolute atomic E-state index is 0.00837. The molecule has 0 radical (unpaired) electrons. The Bertz CT molecular complexity index is 1270. The molecule has 0 aliphatic carbocycles. The number of anilines is 1. The number of pyridine rings is 2. The SMILES string of the molecule is CCOC(=O)Cn1c2nc(N(CCOC)CC(F)(F)F)ccc2c(=O)c2ccc(Cl)c(SC)c21. The first kappa shape index (κ1) is 26.1. The van der Waals surface area contributed by atoms with Crippen LogP contribution < -0.4 is 10.3 Å². The van der Waals surface area contributed by atoms with Crippen molar-refractivity contribution in [1.29, 1.82) is 0 Å². The van der Waals surface area contributed by atoms with Gasteiger partial charge in [-0.1, -0.05) is 11.6 Å². The lowest BCUT2D eigenvalue weighted by atomic mass is 10.1. The van der Waals surface area contributed by atoms with Gasteiger partial charge in [0.2, 0.25) is 0 Å². The monoisotopic (exact) mass is 517 g/mol. The predicted molar refractivity (Wildman–Crippen MR) is 127 cm³/mol. The average Bonchev–Trinajstić information content (AvgIpc) is 2.78. The summed E-state index contributed by atoms with van der Waals surface area (Å²) in [6, 6.07) is 5.93. The highest BCUT2D eigenvalue weighted by Gasteiger charge is 2.31. The number of benzene rings is 1. The molecule has 0 saturated carbocycles. The lowest BCUT2D eigenvalue weighted by molar-refractivity contribution is -0.143. The molecule has 184 valence electrons. The standard InChI is InChI=1S/C22H23ClF3N3O4S/c1-4-33-17(30)11-29-18-13(5-7-15(23)20(18)34-3)19(31)14-6-8-16(27-21(14)29)28(9-10-32-2)12-22(24,25)26/h5-8H,4,9-12H2,1-3H3. The Balaban J connectivity index is 2.35. The maximum Gasteiger partial charge on any atom is 0.405 e. The molecule has 0 bridgehead atoms. The average molecular weight is 518 g/mol. The zero-order valence-corrected chi connectivity index (χ0v) is 20.3. The molecule has 3 rings (SSSR count). The molecule has 12 heteroatoms. The quantitative estimate of drug-likeness (QED) is 0.235. The lowest BCUT2D eigenvalue weighted by Crippen LogP contribution is -2.37. The second kappa shape index (κ2) is 10.8. The fourth-order valence-electron chi connectivity index (χ4n) is 3.62. The second-order valence-electron chi connectivity index (χ2n) is 7.27. The highest BCUT2D eigenvalue weighted by atomic mass is 35.5. The number of thioether (sulfide) groups is 1. The smallest absolute Gasteiger partial charge is 0.405 e. The summed E-state index contributed by atoms with van der Waals surface area (Å²) in [6.45, 7) is 0.196. The van der Waals surface area contributed by atoms with Gasteiger partial charge in [-0.2, -0.15) is 13.2 Å². The highest BCUT2D eigenvalue weighted by molar-refractivity contribution is 7.99. The lowest BCUT2D eigenvalue weighted by Gasteiger charge is -2.25. The van der Waals surface area contributed by atoms with Crippen molar-refractivity contribution in [1.82, 2.24) is 9.55 Å². The van der Waals surface area contributed by atoms with E-state index in [1.54, 1.807) is 25.3 Å². The number of halogens is 4. The van der Waals surface area contributed by atoms with Crippen molar-refractivity contribution >= 4 is 57.1 Å². The van der Waals surface area contributed by atoms with E-state index in [2.05, 4.69) is 4.98 Å². The van der Waals surface area contributed by atoms with Crippen molar-refractivity contribution in [2.24, 2.45) is 0 Å². The van der Waals surface area contributed by atoms with Crippen LogP contribution in [0.4, 0.5) is 19.0 Å². The fraction of sp³-hybridized carbons (Fsp3) is 0.409. The molecule has 0 fully saturated rings. The van der Waals surface area contributed by atoms with Crippen LogP contribution in [-0.4, -0.2) is 61.4 Å². The van der Waals surface area contributed by atoms with Gasteiger partial charge >= 0.3 is 12.1 Å². The summed E-state index contributed by atoms with van der Waals surface area (Å²) in [5.74, 6) is -0.592. The van der Waals surface area contributed by atoms with Crippen LogP contribution in [0.3, 0.4) is 0 Å². The van der Waals surface area contributed by atoms with Gasteiger partial charge in [-0.25, -0.2) is 4.98 Å². The first-order valence-electron chi connectivity index (χ1n) is 10.3. The summed E-state index contributed by atoms with van der Waals surface area (Å²) in [5, 5.41) is 0.839. The molecule has 7 nitrogen and oxygen atoms in total. The van der Waals surface area contributed by atoms with Gasteiger partial charge in [-0.05, 0) is 37.4 Å². The Kier molecular flexibility index (Phi) is 8.32. The number of esters is 1. The maximum absolute atomic E-state index is 13.3. The van der Waals surface area contributed by atoms with E-state index in [0.29, 0.717) is 20.8 Å². The van der Waals surface area contributed by atoms with Crippen LogP contribution in [-0.2, 0) is 20.8 Å². The third kappa shape index (κ3) is 5.59. The maximum atomic E-state index is 13.3. The molecule has 2 aromatic heterocycles. The first-order chi connectivity index (χ1) is 16.1. The van der Waals surface area contributed by atoms with Crippen molar-refractivity contribution < 1.29 is 27.4 Å². The van der Waals surface area contributed by atoms with E-state index in [4.69, 9.17) is 21.1 Å². The number of ether oxygens (including phenoxy) is 2. The summed E-state index contributed by atoms with van der Waals surface area (Å²) < 4.78 is 51.2. The van der Waals surface area contributed by atoms with Crippen LogP contribution >= 0.6 is 23.4 Å². The Labute approximate surface area is 202 Å². The molecule has 0 spiro atoms. The molecular formula is C22H23ClF3N3O4S. The van der Waals surface area contributed by atoms with E-state index in [1.807, 2.05) is 0 Å². The van der Waals surface area contributed by atoms with Crippen molar-refractivity contribution in [2.45, 2.75) is 24.5 Å². The number of hydrogen-bond acceptors (Lipinski definition) is 7. The molecule has 3 aromatic rings. The van der Waals surface area contributed by atoms with Gasteiger partial charge in [0, 0.05) is 19.0 Å². The Hall–Kier alpha value is -2.50. The summed E-state index contributed by atoms with van der Waals surface area (Å²) in [5.41, 5.74) is 0.0649. The van der Waals surface area contributed by atoms with Gasteiger partial charge in [0.1, 0.15) is 24.6 Å². The Morgan fingerprint density at radius 2 is 1.94 bits per heavy atom. The molecular weight excluding hydrogens is 495 g/mol. The van der Waals surface area contributed by atoms with E-state index >= 15 is 0 Å². The van der Waals surface area contributed by atoms with Crippen molar-refractivity contribution in [3.63, 3.8) is 0 Å². The Morgan fingerprint density at radius 1 is 1.24 bits per heavy atom. The van der Waals surface area contributed by atoms with Crippen molar-refractivity contribution in [2.75, 3.05) is 44.6 Å². The van der Waals surface area contributed by atoms with Crippen LogP contribution in [0.15, 0.2) is 34.0 Å². The van der Waals surface area contributed by atoms with Gasteiger partial charge in [-0.15, -0.1) is 11.8 Å². The fourth-order valence-corrected chi connectivity index (χ4v) is 4.68. The molecule has 0 N–H and O–H groups in total. The summed E-state index contributed by atoms with van der Waals surface area (Å²) in [6.07, 6.45) is -2.72. The van der Waals surface area contributed by atoms with E-state index in [0.717, 1.165) is 4.90 Å². The molecule has 0 aliphatic heterocycles. The third-order valence-electron chi connectivity index (χ3n) is 5.01. The molecule has 34 heavy (non-hydrogen) atoms. The minimum atomic E-state index is -4.49. The van der Waals surface area contributed by atoms with Gasteiger partial charge < -0.3 is 18.9 Å². The number of aromatic nitrogens is 2. The molecule has 0 aliphatic rings. The van der Waals surface area contributed by atoms with Gasteiger partial charge in [0.15, 0.2) is 5.43 Å². The summed E-state index contributed by atoms with van der Waals surface area (Å²) in [4.78, 5) is 31.7. The van der Waals surface area contributed by atoms with Gasteiger partial charge in [0.05, 0.1) is 34.0 Å². The molecule has 0 atom stereocenters. The highest BCUT2D eigenvalue weighted by Crippen LogP contribution is 2.34. The normalized spacial score (nSPS) is 11.9. The predicted octanol–water partition coefficient (Wildman–Crippen LogP) is 4.50. The topological polar surface area (TPSA) is 73.7 Å². The number of methoxy groups -OCH3 is 1. The number of rotatable bonds is 9. The zero-order valence-electron chi connectivity index (χ0n) is 18.7. The van der Waals surface area contributed by atoms with Crippen molar-refractivity contribution in [3.8, 4) is 0 Å². The number of fused-ring (bicyclic) bond motifs is 2. The van der Waals surface area contributed by atoms with E-state index in [9.17, 15) is 22.8 Å². The Morgan fingerprint density at radius 3 is 2.56 bits per heavy atom. The van der Waals surface area contributed by atoms with E-state index in [1.165, 1.54) is 35.6 Å². The molecule has 0 amide bonds. The van der Waals surface area contributed by atoms with E-state index < -0.39 is 18.7 Å². The number of hydrogen-bond donors (Lipinski definition) is 0. The van der Waals surface area contributed by atoms with Crippen LogP contribution in [0.5, 0.6) is 0 Å². The molecule has 0 unspecified atom stereocenters. The summed E-state index contributed by atoms with van der Waals surface area (Å²) >= 11 is 7.65. The van der Waals surface area contributed by atoms with Crippen LogP contribution in [0.2, 0.25) is 5.02 Å². The van der Waals surface area contributed by atoms with Gasteiger partial charge in [0.25, 0.3) is 0 Å². The molecule has 2 heterocycles. The summed E-state index contributed by atoms with van der Waals surface area (Å²) in [7, 11) is 1.39. The van der Waals surface area contributed by atoms with Crippen LogP contribution in [0.25, 0.3) is 21.9 Å². The number of nitrogens with zero attached hydrogens (tertiary/aromatic N) is 3. The first-order valence-corrected chi connectivity index (χ1v) is 11.9. The molecule has 1 aromatic carbocycles. The third-order valence-corrected chi connectivity index (χ3v) is 6.26. The van der Waals surface area contributed by atoms with Crippen LogP contribution in [0, 0.1) is 0 Å². The molecule has 0 saturated heterocycles. The van der Waals surface area contributed by atoms with E-state index in [-0.39, 0.29) is 48.6 Å². The number of carbonyl (C=O) groups is 1. The van der Waals surface area contributed by atoms with Gasteiger partial charge in [-0.3, -0.25) is 9.59 Å². The largest absolute Gasteiger partial charge is 0.465 e. The zero-order chi connectivity index (χ0) is 25.0. The minimum Gasteiger partial charge on any atom is -0.465 e. The number of alkyl halides is 3. The van der Waals surface area contributed by atoms with Crippen LogP contribution in [0.1, 0.15) is 6.92 Å².